The number of benzene rings is 1. The van der Waals surface area contributed by atoms with E-state index in [1.807, 2.05) is 35.4 Å². The van der Waals surface area contributed by atoms with Crippen molar-refractivity contribution in [1.82, 2.24) is 20.1 Å². The van der Waals surface area contributed by atoms with Crippen LogP contribution in [0.2, 0.25) is 0 Å². The Hall–Kier alpha value is -3.07. The van der Waals surface area contributed by atoms with Crippen molar-refractivity contribution in [2.45, 2.75) is 19.4 Å². The number of para-hydroxylation sites is 1. The van der Waals surface area contributed by atoms with Crippen LogP contribution in [0.25, 0.3) is 10.9 Å². The molecule has 0 unspecified atom stereocenters. The molecule has 0 bridgehead atoms. The summed E-state index contributed by atoms with van der Waals surface area (Å²) in [7, 11) is 1.31. The summed E-state index contributed by atoms with van der Waals surface area (Å²) in [5.74, 6) is -0.740. The Bertz CT molecular complexity index is 888. The van der Waals surface area contributed by atoms with Crippen molar-refractivity contribution in [3.63, 3.8) is 0 Å². The molecule has 1 saturated heterocycles. The number of aromatic nitrogens is 1. The minimum Gasteiger partial charge on any atom is -0.467 e. The number of fused-ring (bicyclic) bond motifs is 1. The monoisotopic (exact) mass is 416 g/mol. The van der Waals surface area contributed by atoms with Crippen LogP contribution in [-0.2, 0) is 25.5 Å². The third-order valence-electron chi connectivity index (χ3n) is 5.19. The second-order valence-electron chi connectivity index (χ2n) is 7.17. The first kappa shape index (κ1) is 21.6. The molecule has 1 aromatic carbocycles. The first-order valence-electron chi connectivity index (χ1n) is 10.1. The maximum Gasteiger partial charge on any atom is 0.409 e. The SMILES string of the molecule is CCOC(=O)N1CCN(CC(=O)N[C@@H](Cc2c[nH]c3ccccc23)C(=O)OC)CC1. The lowest BCUT2D eigenvalue weighted by atomic mass is 10.0. The number of carbonyl (C=O) groups excluding carboxylic acids is 3. The van der Waals surface area contributed by atoms with E-state index in [1.165, 1.54) is 7.11 Å². The van der Waals surface area contributed by atoms with Gasteiger partial charge in [0, 0.05) is 49.7 Å². The Balaban J connectivity index is 1.56. The van der Waals surface area contributed by atoms with E-state index in [1.54, 1.807) is 11.8 Å². The second-order valence-corrected chi connectivity index (χ2v) is 7.17. The highest BCUT2D eigenvalue weighted by Gasteiger charge is 2.26. The van der Waals surface area contributed by atoms with Crippen molar-refractivity contribution in [2.75, 3.05) is 46.4 Å². The molecule has 1 aliphatic heterocycles. The fourth-order valence-electron chi connectivity index (χ4n) is 3.60. The van der Waals surface area contributed by atoms with E-state index in [-0.39, 0.29) is 18.5 Å². The molecule has 0 radical (unpaired) electrons. The number of H-pyrrole nitrogens is 1. The number of piperazine rings is 1. The molecule has 9 heteroatoms. The molecule has 0 spiro atoms. The number of rotatable bonds is 7. The molecule has 1 fully saturated rings. The molecule has 0 saturated carbocycles. The highest BCUT2D eigenvalue weighted by Crippen LogP contribution is 2.19. The number of esters is 1. The summed E-state index contributed by atoms with van der Waals surface area (Å²) in [4.78, 5) is 43.4. The number of methoxy groups -OCH3 is 1. The predicted molar refractivity (Wildman–Crippen MR) is 111 cm³/mol. The highest BCUT2D eigenvalue weighted by atomic mass is 16.6. The lowest BCUT2D eigenvalue weighted by molar-refractivity contribution is -0.145. The van der Waals surface area contributed by atoms with Gasteiger partial charge in [-0.3, -0.25) is 9.69 Å². The van der Waals surface area contributed by atoms with Crippen LogP contribution in [0.1, 0.15) is 12.5 Å². The van der Waals surface area contributed by atoms with Crippen LogP contribution >= 0.6 is 0 Å². The number of aromatic amines is 1. The molecule has 9 nitrogen and oxygen atoms in total. The van der Waals surface area contributed by atoms with Crippen LogP contribution in [-0.4, -0.2) is 85.2 Å². The molecule has 1 atom stereocenters. The second kappa shape index (κ2) is 10.1. The van der Waals surface area contributed by atoms with Gasteiger partial charge in [-0.05, 0) is 18.6 Å². The number of hydrogen-bond acceptors (Lipinski definition) is 6. The molecule has 2 aromatic rings. The minimum absolute atomic E-state index is 0.151. The molecule has 0 aliphatic carbocycles. The topological polar surface area (TPSA) is 104 Å². The Morgan fingerprint density at radius 1 is 1.17 bits per heavy atom. The fraction of sp³-hybridized carbons (Fsp3) is 0.476. The van der Waals surface area contributed by atoms with Gasteiger partial charge in [-0.25, -0.2) is 9.59 Å². The fourth-order valence-corrected chi connectivity index (χ4v) is 3.60. The zero-order chi connectivity index (χ0) is 21.5. The third-order valence-corrected chi connectivity index (χ3v) is 5.19. The van der Waals surface area contributed by atoms with Crippen molar-refractivity contribution < 1.29 is 23.9 Å². The number of amides is 2. The third kappa shape index (κ3) is 5.29. The van der Waals surface area contributed by atoms with Crippen LogP contribution in [0.3, 0.4) is 0 Å². The first-order chi connectivity index (χ1) is 14.5. The summed E-state index contributed by atoms with van der Waals surface area (Å²) in [6.07, 6.45) is 1.85. The van der Waals surface area contributed by atoms with Gasteiger partial charge < -0.3 is 24.7 Å². The quantitative estimate of drug-likeness (QED) is 0.656. The minimum atomic E-state index is -0.775. The Morgan fingerprint density at radius 3 is 2.60 bits per heavy atom. The van der Waals surface area contributed by atoms with E-state index < -0.39 is 12.0 Å². The summed E-state index contributed by atoms with van der Waals surface area (Å²) in [5, 5.41) is 3.81. The van der Waals surface area contributed by atoms with E-state index in [0.29, 0.717) is 39.2 Å². The zero-order valence-electron chi connectivity index (χ0n) is 17.3. The van der Waals surface area contributed by atoms with Crippen LogP contribution in [0, 0.1) is 0 Å². The molecule has 1 aliphatic rings. The smallest absolute Gasteiger partial charge is 0.409 e. The van der Waals surface area contributed by atoms with Crippen LogP contribution in [0.5, 0.6) is 0 Å². The molecular formula is C21H28N4O5. The standard InChI is InChI=1S/C21H28N4O5/c1-3-30-21(28)25-10-8-24(9-11-25)14-19(26)23-18(20(27)29-2)12-15-13-22-17-7-5-4-6-16(15)17/h4-7,13,18,22H,3,8-12,14H2,1-2H3,(H,23,26)/t18-/m0/s1. The van der Waals surface area contributed by atoms with Crippen molar-refractivity contribution in [1.29, 1.82) is 0 Å². The normalized spacial score (nSPS) is 15.6. The number of hydrogen-bond donors (Lipinski definition) is 2. The van der Waals surface area contributed by atoms with E-state index in [0.717, 1.165) is 16.5 Å². The number of ether oxygens (including phenoxy) is 2. The van der Waals surface area contributed by atoms with Gasteiger partial charge in [-0.15, -0.1) is 0 Å². The van der Waals surface area contributed by atoms with Gasteiger partial charge in [0.2, 0.25) is 5.91 Å². The zero-order valence-corrected chi connectivity index (χ0v) is 17.3. The van der Waals surface area contributed by atoms with Gasteiger partial charge in [0.15, 0.2) is 0 Å². The number of nitrogens with zero attached hydrogens (tertiary/aromatic N) is 2. The Kier molecular flexibility index (Phi) is 7.29. The van der Waals surface area contributed by atoms with E-state index in [9.17, 15) is 14.4 Å². The molecule has 30 heavy (non-hydrogen) atoms. The van der Waals surface area contributed by atoms with Gasteiger partial charge in [0.1, 0.15) is 6.04 Å². The van der Waals surface area contributed by atoms with Gasteiger partial charge >= 0.3 is 12.1 Å². The first-order valence-corrected chi connectivity index (χ1v) is 10.1. The Morgan fingerprint density at radius 2 is 1.90 bits per heavy atom. The van der Waals surface area contributed by atoms with Crippen molar-refractivity contribution in [2.24, 2.45) is 0 Å². The number of nitrogens with one attached hydrogen (secondary N) is 2. The molecule has 3 rings (SSSR count). The van der Waals surface area contributed by atoms with Crippen molar-refractivity contribution >= 4 is 28.9 Å². The number of carbonyl (C=O) groups is 3. The summed E-state index contributed by atoms with van der Waals surface area (Å²) in [6, 6.07) is 7.02. The van der Waals surface area contributed by atoms with E-state index >= 15 is 0 Å². The highest BCUT2D eigenvalue weighted by molar-refractivity contribution is 5.87. The van der Waals surface area contributed by atoms with E-state index in [2.05, 4.69) is 10.3 Å². The van der Waals surface area contributed by atoms with Crippen molar-refractivity contribution in [3.05, 3.63) is 36.0 Å². The van der Waals surface area contributed by atoms with Crippen LogP contribution in [0.4, 0.5) is 4.79 Å². The molecule has 162 valence electrons. The Labute approximate surface area is 175 Å². The lowest BCUT2D eigenvalue weighted by Gasteiger charge is -2.33. The summed E-state index contributed by atoms with van der Waals surface area (Å²) in [5.41, 5.74) is 1.91. The molecule has 1 aromatic heterocycles. The molecule has 2 N–H and O–H groups in total. The van der Waals surface area contributed by atoms with E-state index in [4.69, 9.17) is 9.47 Å². The average Bonchev–Trinajstić information content (AvgIpc) is 3.16. The summed E-state index contributed by atoms with van der Waals surface area (Å²) in [6.45, 7) is 4.40. The average molecular weight is 416 g/mol. The largest absolute Gasteiger partial charge is 0.467 e. The van der Waals surface area contributed by atoms with Crippen LogP contribution < -0.4 is 5.32 Å². The van der Waals surface area contributed by atoms with Gasteiger partial charge in [0.25, 0.3) is 0 Å². The van der Waals surface area contributed by atoms with Crippen LogP contribution in [0.15, 0.2) is 30.5 Å². The molecule has 2 amide bonds. The molecule has 2 heterocycles. The summed E-state index contributed by atoms with van der Waals surface area (Å²) < 4.78 is 9.90. The maximum atomic E-state index is 12.6. The van der Waals surface area contributed by atoms with Gasteiger partial charge in [-0.2, -0.15) is 0 Å². The lowest BCUT2D eigenvalue weighted by Crippen LogP contribution is -2.53. The predicted octanol–water partition coefficient (Wildman–Crippen LogP) is 1.14. The van der Waals surface area contributed by atoms with Crippen molar-refractivity contribution in [3.8, 4) is 0 Å². The summed E-state index contributed by atoms with van der Waals surface area (Å²) >= 11 is 0. The molecular weight excluding hydrogens is 388 g/mol. The van der Waals surface area contributed by atoms with Gasteiger partial charge in [0.05, 0.1) is 20.3 Å². The van der Waals surface area contributed by atoms with Gasteiger partial charge in [-0.1, -0.05) is 18.2 Å². The maximum absolute atomic E-state index is 12.6.